The van der Waals surface area contributed by atoms with Crippen LogP contribution < -0.4 is 10.2 Å². The summed E-state index contributed by atoms with van der Waals surface area (Å²) in [4.78, 5) is 1.62. The second-order valence-corrected chi connectivity index (χ2v) is 5.28. The summed E-state index contributed by atoms with van der Waals surface area (Å²) in [5.74, 6) is 0. The van der Waals surface area contributed by atoms with Gasteiger partial charge in [-0.2, -0.15) is 0 Å². The Morgan fingerprint density at radius 2 is 1.88 bits per heavy atom. The average molecular weight is 232 g/mol. The molecule has 2 rings (SSSR count). The van der Waals surface area contributed by atoms with E-state index in [1.165, 1.54) is 6.54 Å². The van der Waals surface area contributed by atoms with Crippen molar-refractivity contribution in [3.05, 3.63) is 0 Å². The fourth-order valence-corrected chi connectivity index (χ4v) is 2.83. The Kier molecular flexibility index (Phi) is 3.51. The Morgan fingerprint density at radius 1 is 1.25 bits per heavy atom. The number of nitrogens with two attached hydrogens (primary N) is 1. The van der Waals surface area contributed by atoms with Gasteiger partial charge in [0.25, 0.3) is 0 Å². The molecule has 2 fully saturated rings. The monoisotopic (exact) mass is 232 g/mol. The maximum absolute atomic E-state index is 9.35. The molecule has 0 saturated carbocycles. The van der Waals surface area contributed by atoms with Crippen molar-refractivity contribution in [2.45, 2.75) is 31.0 Å². The number of hydrogen-bond acceptors (Lipinski definition) is 3. The highest BCUT2D eigenvalue weighted by atomic mass is 16.5. The summed E-state index contributed by atoms with van der Waals surface area (Å²) in [5.41, 5.74) is -0.687. The van der Waals surface area contributed by atoms with E-state index in [0.29, 0.717) is 6.61 Å². The van der Waals surface area contributed by atoms with E-state index < -0.39 is 5.54 Å². The molecule has 5 N–H and O–H groups in total. The molecule has 0 aromatic carbocycles. The van der Waals surface area contributed by atoms with E-state index in [2.05, 4.69) is 12.2 Å². The molecule has 0 bridgehead atoms. The Bertz CT molecular complexity index is 235. The van der Waals surface area contributed by atoms with Crippen molar-refractivity contribution in [3.63, 3.8) is 0 Å². The zero-order valence-electron chi connectivity index (χ0n) is 10.0. The summed E-state index contributed by atoms with van der Waals surface area (Å²) < 4.78 is 5.88. The van der Waals surface area contributed by atoms with Crippen LogP contribution in [0.15, 0.2) is 0 Å². The van der Waals surface area contributed by atoms with Crippen LogP contribution in [0.4, 0.5) is 0 Å². The van der Waals surface area contributed by atoms with Gasteiger partial charge in [-0.25, -0.2) is 0 Å². The van der Waals surface area contributed by atoms with Crippen LogP contribution >= 0.6 is 0 Å². The predicted octanol–water partition coefficient (Wildman–Crippen LogP) is -3.30. The number of hydrogen-bond donors (Lipinski definition) is 4. The first-order valence-electron chi connectivity index (χ1n) is 6.24. The summed E-state index contributed by atoms with van der Waals surface area (Å²) in [6, 6.07) is 0. The van der Waals surface area contributed by atoms with Crippen LogP contribution in [0, 0.1) is 0 Å². The molecule has 0 unspecified atom stereocenters. The summed E-state index contributed by atoms with van der Waals surface area (Å²) in [7, 11) is 0. The molecule has 2 aliphatic heterocycles. The van der Waals surface area contributed by atoms with Gasteiger partial charge in [-0.15, -0.1) is 0 Å². The van der Waals surface area contributed by atoms with Gasteiger partial charge in [0, 0.05) is 0 Å². The molecule has 1 spiro atoms. The van der Waals surface area contributed by atoms with Crippen molar-refractivity contribution < 1.29 is 25.2 Å². The van der Waals surface area contributed by atoms with E-state index in [-0.39, 0.29) is 18.9 Å². The molecule has 5 nitrogen and oxygen atoms in total. The van der Waals surface area contributed by atoms with Crippen LogP contribution in [0.5, 0.6) is 0 Å². The predicted molar refractivity (Wildman–Crippen MR) is 58.0 cm³/mol. The third kappa shape index (κ3) is 2.10. The zero-order chi connectivity index (χ0) is 11.6. The smallest absolute Gasteiger partial charge is 0.211 e. The van der Waals surface area contributed by atoms with E-state index in [0.717, 1.165) is 25.9 Å². The Morgan fingerprint density at radius 3 is 2.31 bits per heavy atom. The highest BCUT2D eigenvalue weighted by Gasteiger charge is 2.54. The van der Waals surface area contributed by atoms with Crippen molar-refractivity contribution in [3.8, 4) is 0 Å². The van der Waals surface area contributed by atoms with Crippen LogP contribution in [0.2, 0.25) is 0 Å². The molecule has 0 atom stereocenters. The average Bonchev–Trinajstić information content (AvgIpc) is 2.71. The number of ether oxygens (including phenoxy) is 1. The standard InChI is InChI=1S/C11H22N2O3/c1-2-13-5-3-11(4-6-13)12-10(7-14,8-15)9-16-11/h12,14-15H,2-9H2,1H3/p+2. The SMILES string of the molecule is CC[NH+]1CCC2(CC1)[NH2+]C(CO)(CO)CO2. The summed E-state index contributed by atoms with van der Waals surface area (Å²) in [6.45, 7) is 6.05. The zero-order valence-corrected chi connectivity index (χ0v) is 10.0. The van der Waals surface area contributed by atoms with Gasteiger partial charge >= 0.3 is 0 Å². The van der Waals surface area contributed by atoms with E-state index in [4.69, 9.17) is 4.74 Å². The Balaban J connectivity index is 1.97. The Hall–Kier alpha value is -0.200. The van der Waals surface area contributed by atoms with Gasteiger partial charge < -0.3 is 25.2 Å². The number of piperidine rings is 1. The first kappa shape index (κ1) is 12.3. The molecule has 0 aromatic heterocycles. The minimum atomic E-state index is -0.510. The highest BCUT2D eigenvalue weighted by Crippen LogP contribution is 2.21. The number of aliphatic hydroxyl groups excluding tert-OH is 2. The van der Waals surface area contributed by atoms with Crippen LogP contribution in [0.25, 0.3) is 0 Å². The first-order valence-corrected chi connectivity index (χ1v) is 6.24. The lowest BCUT2D eigenvalue weighted by Crippen LogP contribution is -3.16. The molecular formula is C11H24N2O3+2. The number of rotatable bonds is 3. The largest absolute Gasteiger partial charge is 0.390 e. The quantitative estimate of drug-likeness (QED) is 0.412. The lowest BCUT2D eigenvalue weighted by Gasteiger charge is -2.34. The molecule has 0 aromatic rings. The number of quaternary nitrogens is 2. The third-order valence-electron chi connectivity index (χ3n) is 4.15. The van der Waals surface area contributed by atoms with Crippen LogP contribution in [-0.2, 0) is 4.74 Å². The first-order chi connectivity index (χ1) is 7.67. The van der Waals surface area contributed by atoms with Crippen molar-refractivity contribution in [2.75, 3.05) is 39.5 Å². The summed E-state index contributed by atoms with van der Waals surface area (Å²) in [5, 5.41) is 20.8. The minimum absolute atomic E-state index is 0.0183. The molecule has 2 heterocycles. The number of likely N-dealkylation sites (tertiary alicyclic amines) is 1. The number of aliphatic hydroxyl groups is 2. The Labute approximate surface area is 96.4 Å². The maximum atomic E-state index is 9.35. The second-order valence-electron chi connectivity index (χ2n) is 5.28. The lowest BCUT2D eigenvalue weighted by atomic mass is 9.97. The van der Waals surface area contributed by atoms with Crippen LogP contribution in [-0.4, -0.2) is 60.9 Å². The molecule has 0 amide bonds. The maximum Gasteiger partial charge on any atom is 0.211 e. The molecule has 5 heteroatoms. The fourth-order valence-electron chi connectivity index (χ4n) is 2.83. The van der Waals surface area contributed by atoms with Gasteiger partial charge in [0.05, 0.1) is 32.5 Å². The molecule has 16 heavy (non-hydrogen) atoms. The molecule has 0 aliphatic carbocycles. The molecule has 2 saturated heterocycles. The van der Waals surface area contributed by atoms with E-state index >= 15 is 0 Å². The van der Waals surface area contributed by atoms with Gasteiger partial charge in [0.2, 0.25) is 5.72 Å². The van der Waals surface area contributed by atoms with E-state index in [9.17, 15) is 10.2 Å². The van der Waals surface area contributed by atoms with Crippen molar-refractivity contribution in [2.24, 2.45) is 0 Å². The molecule has 94 valence electrons. The van der Waals surface area contributed by atoms with Crippen LogP contribution in [0.3, 0.4) is 0 Å². The second kappa shape index (κ2) is 4.58. The van der Waals surface area contributed by atoms with Crippen LogP contribution in [0.1, 0.15) is 19.8 Å². The lowest BCUT2D eigenvalue weighted by molar-refractivity contribution is -0.922. The van der Waals surface area contributed by atoms with Gasteiger partial charge in [-0.3, -0.25) is 0 Å². The van der Waals surface area contributed by atoms with Gasteiger partial charge in [0.1, 0.15) is 19.8 Å². The fraction of sp³-hybridized carbons (Fsp3) is 1.00. The van der Waals surface area contributed by atoms with E-state index in [1.807, 2.05) is 0 Å². The van der Waals surface area contributed by atoms with Crippen molar-refractivity contribution in [1.29, 1.82) is 0 Å². The van der Waals surface area contributed by atoms with Gasteiger partial charge in [-0.05, 0) is 6.92 Å². The van der Waals surface area contributed by atoms with E-state index in [1.54, 1.807) is 4.90 Å². The molecular weight excluding hydrogens is 208 g/mol. The third-order valence-corrected chi connectivity index (χ3v) is 4.15. The topological polar surface area (TPSA) is 70.7 Å². The van der Waals surface area contributed by atoms with Crippen molar-refractivity contribution in [1.82, 2.24) is 0 Å². The summed E-state index contributed by atoms with van der Waals surface area (Å²) in [6.07, 6.45) is 2.02. The minimum Gasteiger partial charge on any atom is -0.390 e. The van der Waals surface area contributed by atoms with Gasteiger partial charge in [0.15, 0.2) is 5.54 Å². The molecule has 2 aliphatic rings. The molecule has 0 radical (unpaired) electrons. The van der Waals surface area contributed by atoms with Crippen molar-refractivity contribution >= 4 is 0 Å². The highest BCUT2D eigenvalue weighted by molar-refractivity contribution is 4.85. The van der Waals surface area contributed by atoms with Gasteiger partial charge in [-0.1, -0.05) is 0 Å². The summed E-state index contributed by atoms with van der Waals surface area (Å²) >= 11 is 0. The number of nitrogens with one attached hydrogen (secondary N) is 1. The normalized spacial score (nSPS) is 38.1.